The van der Waals surface area contributed by atoms with Crippen molar-refractivity contribution in [1.29, 1.82) is 0 Å². The molecule has 0 spiro atoms. The second-order valence-electron chi connectivity index (χ2n) is 8.01. The van der Waals surface area contributed by atoms with E-state index in [1.807, 2.05) is 11.6 Å². The van der Waals surface area contributed by atoms with E-state index in [-0.39, 0.29) is 30.0 Å². The van der Waals surface area contributed by atoms with Crippen LogP contribution in [0.3, 0.4) is 0 Å². The van der Waals surface area contributed by atoms with E-state index in [2.05, 4.69) is 50.0 Å². The zero-order valence-electron chi connectivity index (χ0n) is 16.1. The summed E-state index contributed by atoms with van der Waals surface area (Å²) in [5.74, 6) is -0.192. The van der Waals surface area contributed by atoms with Gasteiger partial charge in [-0.2, -0.15) is 5.10 Å². The Balaban J connectivity index is 2.36. The van der Waals surface area contributed by atoms with Crippen molar-refractivity contribution in [3.05, 3.63) is 23.5 Å². The van der Waals surface area contributed by atoms with Gasteiger partial charge in [0.25, 0.3) is 5.91 Å². The number of pyridine rings is 1. The standard InChI is InChI=1S/C19H30N4O2/c1-7-13(3)23-17-16(10-20-23)15(8-12(2)21-17)18(25)22-14(11-24)9-19(4,5)6/h8,10,13-14,24H,7,9,11H2,1-6H3,(H,22,25). The molecule has 2 unspecified atom stereocenters. The number of amides is 1. The Hall–Kier alpha value is -1.95. The number of fused-ring (bicyclic) bond motifs is 1. The monoisotopic (exact) mass is 346 g/mol. The van der Waals surface area contributed by atoms with Crippen LogP contribution in [0.4, 0.5) is 0 Å². The van der Waals surface area contributed by atoms with E-state index in [9.17, 15) is 9.90 Å². The molecule has 2 heterocycles. The minimum atomic E-state index is -0.277. The SMILES string of the molecule is CCC(C)n1ncc2c(C(=O)NC(CO)CC(C)(C)C)cc(C)nc21. The summed E-state index contributed by atoms with van der Waals surface area (Å²) in [6.45, 7) is 12.2. The average Bonchev–Trinajstić information content (AvgIpc) is 2.94. The number of hydrogen-bond donors (Lipinski definition) is 2. The van der Waals surface area contributed by atoms with Crippen molar-refractivity contribution in [2.24, 2.45) is 5.41 Å². The molecule has 2 aromatic rings. The highest BCUT2D eigenvalue weighted by Crippen LogP contribution is 2.24. The molecule has 2 aromatic heterocycles. The lowest BCUT2D eigenvalue weighted by Gasteiger charge is -2.25. The van der Waals surface area contributed by atoms with Gasteiger partial charge < -0.3 is 10.4 Å². The van der Waals surface area contributed by atoms with E-state index in [1.54, 1.807) is 12.3 Å². The van der Waals surface area contributed by atoms with Gasteiger partial charge in [0.1, 0.15) is 0 Å². The Bertz CT molecular complexity index is 746. The smallest absolute Gasteiger partial charge is 0.252 e. The molecule has 1 amide bonds. The van der Waals surface area contributed by atoms with Crippen molar-refractivity contribution in [1.82, 2.24) is 20.1 Å². The number of carbonyl (C=O) groups is 1. The molecule has 6 heteroatoms. The highest BCUT2D eigenvalue weighted by molar-refractivity contribution is 6.05. The van der Waals surface area contributed by atoms with Gasteiger partial charge in [-0.05, 0) is 38.2 Å². The quantitative estimate of drug-likeness (QED) is 0.841. The number of nitrogens with one attached hydrogen (secondary N) is 1. The maximum atomic E-state index is 12.8. The minimum Gasteiger partial charge on any atom is -0.394 e. The van der Waals surface area contributed by atoms with E-state index < -0.39 is 0 Å². The molecule has 0 aliphatic rings. The third-order valence-corrected chi connectivity index (χ3v) is 4.36. The number of aryl methyl sites for hydroxylation is 1. The van der Waals surface area contributed by atoms with Crippen molar-refractivity contribution >= 4 is 16.9 Å². The molecule has 138 valence electrons. The van der Waals surface area contributed by atoms with Gasteiger partial charge in [-0.15, -0.1) is 0 Å². The molecule has 0 saturated carbocycles. The Kier molecular flexibility index (Phi) is 5.83. The molecule has 0 saturated heterocycles. The Morgan fingerprint density at radius 1 is 1.40 bits per heavy atom. The fourth-order valence-corrected chi connectivity index (χ4v) is 2.99. The van der Waals surface area contributed by atoms with Gasteiger partial charge in [0, 0.05) is 5.69 Å². The Labute approximate surface area is 149 Å². The van der Waals surface area contributed by atoms with Gasteiger partial charge in [-0.3, -0.25) is 4.79 Å². The number of aliphatic hydroxyl groups is 1. The summed E-state index contributed by atoms with van der Waals surface area (Å²) < 4.78 is 1.87. The molecular weight excluding hydrogens is 316 g/mol. The van der Waals surface area contributed by atoms with E-state index in [0.29, 0.717) is 12.0 Å². The van der Waals surface area contributed by atoms with Gasteiger partial charge in [0.2, 0.25) is 0 Å². The zero-order chi connectivity index (χ0) is 18.8. The minimum absolute atomic E-state index is 0.0194. The van der Waals surface area contributed by atoms with Gasteiger partial charge in [0.05, 0.1) is 35.8 Å². The van der Waals surface area contributed by atoms with Crippen LogP contribution in [0.25, 0.3) is 11.0 Å². The van der Waals surface area contributed by atoms with Crippen molar-refractivity contribution in [2.75, 3.05) is 6.61 Å². The van der Waals surface area contributed by atoms with E-state index in [1.165, 1.54) is 0 Å². The highest BCUT2D eigenvalue weighted by atomic mass is 16.3. The summed E-state index contributed by atoms with van der Waals surface area (Å²) >= 11 is 0. The lowest BCUT2D eigenvalue weighted by atomic mass is 9.88. The summed E-state index contributed by atoms with van der Waals surface area (Å²) in [7, 11) is 0. The summed E-state index contributed by atoms with van der Waals surface area (Å²) in [5, 5.41) is 17.8. The van der Waals surface area contributed by atoms with Crippen LogP contribution in [0, 0.1) is 12.3 Å². The first-order valence-corrected chi connectivity index (χ1v) is 8.93. The molecule has 0 bridgehead atoms. The first kappa shape index (κ1) is 19.4. The first-order chi connectivity index (χ1) is 11.7. The van der Waals surface area contributed by atoms with Crippen LogP contribution >= 0.6 is 0 Å². The predicted octanol–water partition coefficient (Wildman–Crippen LogP) is 3.24. The van der Waals surface area contributed by atoms with Crippen LogP contribution in [-0.2, 0) is 0 Å². The number of rotatable bonds is 6. The number of aromatic nitrogens is 3. The van der Waals surface area contributed by atoms with E-state index in [4.69, 9.17) is 0 Å². The maximum Gasteiger partial charge on any atom is 0.252 e. The third kappa shape index (κ3) is 4.57. The molecule has 0 aromatic carbocycles. The van der Waals surface area contributed by atoms with Crippen LogP contribution < -0.4 is 5.32 Å². The van der Waals surface area contributed by atoms with Crippen LogP contribution in [0.2, 0.25) is 0 Å². The van der Waals surface area contributed by atoms with Crippen LogP contribution in [0.15, 0.2) is 12.3 Å². The van der Waals surface area contributed by atoms with Crippen molar-refractivity contribution in [2.45, 2.75) is 66.5 Å². The molecule has 0 fully saturated rings. The van der Waals surface area contributed by atoms with Gasteiger partial charge >= 0.3 is 0 Å². The zero-order valence-corrected chi connectivity index (χ0v) is 16.1. The molecule has 0 aliphatic carbocycles. The van der Waals surface area contributed by atoms with E-state index >= 15 is 0 Å². The Morgan fingerprint density at radius 3 is 2.64 bits per heavy atom. The van der Waals surface area contributed by atoms with Gasteiger partial charge in [-0.1, -0.05) is 27.7 Å². The van der Waals surface area contributed by atoms with Crippen LogP contribution in [-0.4, -0.2) is 38.4 Å². The lowest BCUT2D eigenvalue weighted by molar-refractivity contribution is 0.0899. The lowest BCUT2D eigenvalue weighted by Crippen LogP contribution is -2.40. The fourth-order valence-electron chi connectivity index (χ4n) is 2.99. The molecule has 2 rings (SSSR count). The highest BCUT2D eigenvalue weighted by Gasteiger charge is 2.23. The molecule has 2 atom stereocenters. The van der Waals surface area contributed by atoms with Crippen LogP contribution in [0.5, 0.6) is 0 Å². The topological polar surface area (TPSA) is 80.0 Å². The van der Waals surface area contributed by atoms with Gasteiger partial charge in [-0.25, -0.2) is 9.67 Å². The number of carbonyl (C=O) groups excluding carboxylic acids is 1. The van der Waals surface area contributed by atoms with E-state index in [0.717, 1.165) is 23.1 Å². The fraction of sp³-hybridized carbons (Fsp3) is 0.632. The molecular formula is C19H30N4O2. The summed E-state index contributed by atoms with van der Waals surface area (Å²) in [6, 6.07) is 1.72. The normalized spacial score (nSPS) is 14.5. The van der Waals surface area contributed by atoms with Crippen molar-refractivity contribution in [3.63, 3.8) is 0 Å². The van der Waals surface area contributed by atoms with Crippen molar-refractivity contribution < 1.29 is 9.90 Å². The number of nitrogens with zero attached hydrogens (tertiary/aromatic N) is 3. The number of hydrogen-bond acceptors (Lipinski definition) is 4. The maximum absolute atomic E-state index is 12.8. The first-order valence-electron chi connectivity index (χ1n) is 8.93. The molecule has 2 N–H and O–H groups in total. The van der Waals surface area contributed by atoms with Gasteiger partial charge in [0.15, 0.2) is 5.65 Å². The average molecular weight is 346 g/mol. The molecule has 25 heavy (non-hydrogen) atoms. The summed E-state index contributed by atoms with van der Waals surface area (Å²) in [6.07, 6.45) is 3.35. The Morgan fingerprint density at radius 2 is 2.08 bits per heavy atom. The predicted molar refractivity (Wildman–Crippen MR) is 99.7 cm³/mol. The molecule has 0 radical (unpaired) electrons. The number of aliphatic hydroxyl groups excluding tert-OH is 1. The van der Waals surface area contributed by atoms with Crippen molar-refractivity contribution in [3.8, 4) is 0 Å². The second-order valence-corrected chi connectivity index (χ2v) is 8.01. The second kappa shape index (κ2) is 7.52. The molecule has 6 nitrogen and oxygen atoms in total. The summed E-state index contributed by atoms with van der Waals surface area (Å²) in [4.78, 5) is 17.4. The third-order valence-electron chi connectivity index (χ3n) is 4.36. The summed E-state index contributed by atoms with van der Waals surface area (Å²) in [5.41, 5.74) is 2.09. The largest absolute Gasteiger partial charge is 0.394 e. The molecule has 0 aliphatic heterocycles. The van der Waals surface area contributed by atoms with Crippen LogP contribution in [0.1, 0.15) is 69.6 Å².